The average molecular weight is 278 g/mol. The summed E-state index contributed by atoms with van der Waals surface area (Å²) in [5, 5.41) is 11.0. The molecule has 0 radical (unpaired) electrons. The Morgan fingerprint density at radius 2 is 2.21 bits per heavy atom. The van der Waals surface area contributed by atoms with Crippen molar-refractivity contribution in [2.45, 2.75) is 46.2 Å². The van der Waals surface area contributed by atoms with Gasteiger partial charge in [-0.25, -0.2) is 4.98 Å². The quantitative estimate of drug-likeness (QED) is 0.843. The van der Waals surface area contributed by atoms with Crippen molar-refractivity contribution in [2.75, 3.05) is 6.54 Å². The third kappa shape index (κ3) is 3.42. The zero-order valence-electron chi connectivity index (χ0n) is 11.9. The second-order valence-corrected chi connectivity index (χ2v) is 5.55. The number of aryl methyl sites for hydroxylation is 1. The fourth-order valence-corrected chi connectivity index (χ4v) is 2.91. The van der Waals surface area contributed by atoms with Gasteiger partial charge in [-0.05, 0) is 32.4 Å². The summed E-state index contributed by atoms with van der Waals surface area (Å²) >= 11 is 1.70. The van der Waals surface area contributed by atoms with Crippen molar-refractivity contribution < 1.29 is 0 Å². The monoisotopic (exact) mass is 278 g/mol. The molecule has 0 saturated heterocycles. The van der Waals surface area contributed by atoms with Crippen LogP contribution in [0.4, 0.5) is 0 Å². The fourth-order valence-electron chi connectivity index (χ4n) is 1.97. The van der Waals surface area contributed by atoms with Gasteiger partial charge in [-0.2, -0.15) is 5.10 Å². The van der Waals surface area contributed by atoms with Gasteiger partial charge in [-0.1, -0.05) is 13.8 Å². The molecule has 0 bridgehead atoms. The molecular weight excluding hydrogens is 256 g/mol. The molecule has 0 aliphatic heterocycles. The first-order chi connectivity index (χ1) is 9.26. The van der Waals surface area contributed by atoms with Crippen LogP contribution in [0.1, 0.15) is 45.3 Å². The minimum absolute atomic E-state index is 0.312. The predicted molar refractivity (Wildman–Crippen MR) is 80.3 cm³/mol. The molecule has 0 aliphatic carbocycles. The molecular formula is C14H22N4S. The van der Waals surface area contributed by atoms with Crippen molar-refractivity contribution in [1.82, 2.24) is 20.1 Å². The van der Waals surface area contributed by atoms with Crippen molar-refractivity contribution in [2.24, 2.45) is 0 Å². The summed E-state index contributed by atoms with van der Waals surface area (Å²) in [6.07, 6.45) is 4.08. The molecule has 1 N–H and O–H groups in total. The first-order valence-electron chi connectivity index (χ1n) is 6.97. The predicted octanol–water partition coefficient (Wildman–Crippen LogP) is 3.48. The molecule has 19 heavy (non-hydrogen) atoms. The molecule has 0 fully saturated rings. The van der Waals surface area contributed by atoms with Crippen LogP contribution in [0.3, 0.4) is 0 Å². The van der Waals surface area contributed by atoms with E-state index in [1.165, 1.54) is 0 Å². The molecule has 2 rings (SSSR count). The van der Waals surface area contributed by atoms with E-state index in [0.717, 1.165) is 42.3 Å². The van der Waals surface area contributed by atoms with E-state index in [0.29, 0.717) is 6.04 Å². The van der Waals surface area contributed by atoms with Crippen molar-refractivity contribution in [1.29, 1.82) is 0 Å². The molecule has 104 valence electrons. The van der Waals surface area contributed by atoms with E-state index in [4.69, 9.17) is 4.98 Å². The summed E-state index contributed by atoms with van der Waals surface area (Å²) in [6.45, 7) is 8.48. The van der Waals surface area contributed by atoms with Crippen molar-refractivity contribution in [3.63, 3.8) is 0 Å². The molecule has 5 heteroatoms. The Bertz CT molecular complexity index is 503. The minimum Gasteiger partial charge on any atom is -0.309 e. The fraction of sp³-hybridized carbons (Fsp3) is 0.571. The molecule has 2 aromatic rings. The minimum atomic E-state index is 0.312. The van der Waals surface area contributed by atoms with Crippen LogP contribution in [-0.2, 0) is 6.54 Å². The van der Waals surface area contributed by atoms with Crippen LogP contribution < -0.4 is 5.32 Å². The van der Waals surface area contributed by atoms with Gasteiger partial charge in [-0.3, -0.25) is 4.68 Å². The molecule has 0 spiro atoms. The maximum atomic E-state index is 4.74. The molecule has 2 heterocycles. The molecule has 4 nitrogen and oxygen atoms in total. The lowest BCUT2D eigenvalue weighted by Crippen LogP contribution is -2.19. The Kier molecular flexibility index (Phi) is 5.10. The summed E-state index contributed by atoms with van der Waals surface area (Å²) in [5.41, 5.74) is 2.25. The van der Waals surface area contributed by atoms with E-state index >= 15 is 0 Å². The van der Waals surface area contributed by atoms with E-state index < -0.39 is 0 Å². The third-order valence-electron chi connectivity index (χ3n) is 3.04. The summed E-state index contributed by atoms with van der Waals surface area (Å²) in [7, 11) is 0. The summed E-state index contributed by atoms with van der Waals surface area (Å²) in [4.78, 5) is 4.74. The van der Waals surface area contributed by atoms with E-state index in [9.17, 15) is 0 Å². The van der Waals surface area contributed by atoms with Gasteiger partial charge in [0, 0.05) is 24.2 Å². The van der Waals surface area contributed by atoms with Gasteiger partial charge >= 0.3 is 0 Å². The lowest BCUT2D eigenvalue weighted by molar-refractivity contribution is 0.560. The van der Waals surface area contributed by atoms with Crippen LogP contribution in [-0.4, -0.2) is 21.3 Å². The zero-order valence-corrected chi connectivity index (χ0v) is 12.7. The van der Waals surface area contributed by atoms with E-state index in [2.05, 4.69) is 36.6 Å². The molecule has 0 saturated carbocycles. The Hall–Kier alpha value is -1.20. The van der Waals surface area contributed by atoms with Crippen molar-refractivity contribution in [3.8, 4) is 10.7 Å². The van der Waals surface area contributed by atoms with E-state index in [1.54, 1.807) is 11.3 Å². The second-order valence-electron chi connectivity index (χ2n) is 4.69. The highest BCUT2D eigenvalue weighted by Crippen LogP contribution is 2.26. The van der Waals surface area contributed by atoms with Crippen molar-refractivity contribution >= 4 is 11.3 Å². The molecule has 0 aliphatic rings. The SMILES string of the molecule is CCCNC(C)c1csc(-c2ccnn2CCC)n1. The van der Waals surface area contributed by atoms with Crippen LogP contribution in [0, 0.1) is 0 Å². The Labute approximate surface area is 118 Å². The van der Waals surface area contributed by atoms with Crippen LogP contribution in [0.5, 0.6) is 0 Å². The first-order valence-corrected chi connectivity index (χ1v) is 7.85. The lowest BCUT2D eigenvalue weighted by atomic mass is 10.2. The van der Waals surface area contributed by atoms with Gasteiger partial charge < -0.3 is 5.32 Å². The number of nitrogens with one attached hydrogen (secondary N) is 1. The standard InChI is InChI=1S/C14H22N4S/c1-4-7-15-11(3)12-10-19-14(17-12)13-6-8-16-18(13)9-5-2/h6,8,10-11,15H,4-5,7,9H2,1-3H3. The highest BCUT2D eigenvalue weighted by molar-refractivity contribution is 7.13. The Morgan fingerprint density at radius 1 is 1.37 bits per heavy atom. The normalized spacial score (nSPS) is 12.8. The van der Waals surface area contributed by atoms with Gasteiger partial charge in [0.05, 0.1) is 11.4 Å². The van der Waals surface area contributed by atoms with Gasteiger partial charge in [0.25, 0.3) is 0 Å². The Morgan fingerprint density at radius 3 is 2.95 bits per heavy atom. The average Bonchev–Trinajstić information content (AvgIpc) is 3.04. The molecule has 1 atom stereocenters. The van der Waals surface area contributed by atoms with Gasteiger partial charge in [-0.15, -0.1) is 11.3 Å². The molecule has 0 aromatic carbocycles. The third-order valence-corrected chi connectivity index (χ3v) is 3.92. The van der Waals surface area contributed by atoms with Gasteiger partial charge in [0.15, 0.2) is 0 Å². The van der Waals surface area contributed by atoms with Crippen LogP contribution in [0.25, 0.3) is 10.7 Å². The second kappa shape index (κ2) is 6.82. The molecule has 1 unspecified atom stereocenters. The zero-order chi connectivity index (χ0) is 13.7. The summed E-state index contributed by atoms with van der Waals surface area (Å²) in [6, 6.07) is 2.36. The van der Waals surface area contributed by atoms with Gasteiger partial charge in [0.1, 0.15) is 5.01 Å². The van der Waals surface area contributed by atoms with Crippen LogP contribution >= 0.6 is 11.3 Å². The van der Waals surface area contributed by atoms with Crippen LogP contribution in [0.2, 0.25) is 0 Å². The van der Waals surface area contributed by atoms with Gasteiger partial charge in [0.2, 0.25) is 0 Å². The highest BCUT2D eigenvalue weighted by atomic mass is 32.1. The molecule has 0 amide bonds. The smallest absolute Gasteiger partial charge is 0.141 e. The largest absolute Gasteiger partial charge is 0.309 e. The maximum absolute atomic E-state index is 4.74. The number of hydrogen-bond acceptors (Lipinski definition) is 4. The van der Waals surface area contributed by atoms with E-state index in [-0.39, 0.29) is 0 Å². The van der Waals surface area contributed by atoms with E-state index in [1.807, 2.05) is 16.9 Å². The maximum Gasteiger partial charge on any atom is 0.141 e. The van der Waals surface area contributed by atoms with Crippen molar-refractivity contribution in [3.05, 3.63) is 23.3 Å². The number of nitrogens with zero attached hydrogens (tertiary/aromatic N) is 3. The first kappa shape index (κ1) is 14.2. The number of aromatic nitrogens is 3. The molecule has 2 aromatic heterocycles. The summed E-state index contributed by atoms with van der Waals surface area (Å²) < 4.78 is 2.03. The lowest BCUT2D eigenvalue weighted by Gasteiger charge is -2.09. The topological polar surface area (TPSA) is 42.7 Å². The summed E-state index contributed by atoms with van der Waals surface area (Å²) in [5.74, 6) is 0. The van der Waals surface area contributed by atoms with Crippen LogP contribution in [0.15, 0.2) is 17.6 Å². The number of thiazole rings is 1. The number of rotatable bonds is 7. The Balaban J connectivity index is 2.13. The number of hydrogen-bond donors (Lipinski definition) is 1. The highest BCUT2D eigenvalue weighted by Gasteiger charge is 2.13.